The molecule has 2 aliphatic heterocycles. The van der Waals surface area contributed by atoms with E-state index in [4.69, 9.17) is 4.52 Å². The molecule has 0 spiro atoms. The van der Waals surface area contributed by atoms with Crippen LogP contribution in [0.3, 0.4) is 0 Å². The Balaban J connectivity index is 1.17. The van der Waals surface area contributed by atoms with Crippen molar-refractivity contribution < 1.29 is 14.1 Å². The summed E-state index contributed by atoms with van der Waals surface area (Å²) in [4.78, 5) is 34.0. The SMILES string of the molecule is Cc1ccc(-c2noc(C3CCN(C(=O)[C@@H]4CC(=O)N(C5CCCC5)C4)CC3)n2)cc1. The molecule has 7 heteroatoms. The highest BCUT2D eigenvalue weighted by molar-refractivity contribution is 5.89. The maximum absolute atomic E-state index is 13.1. The van der Waals surface area contributed by atoms with Crippen LogP contribution in [0.2, 0.25) is 0 Å². The largest absolute Gasteiger partial charge is 0.342 e. The van der Waals surface area contributed by atoms with Crippen molar-refractivity contribution in [3.8, 4) is 11.4 Å². The van der Waals surface area contributed by atoms with E-state index in [9.17, 15) is 9.59 Å². The average molecular weight is 423 g/mol. The molecule has 2 saturated heterocycles. The van der Waals surface area contributed by atoms with Gasteiger partial charge in [-0.25, -0.2) is 0 Å². The second kappa shape index (κ2) is 8.44. The van der Waals surface area contributed by atoms with Crippen molar-refractivity contribution in [3.05, 3.63) is 35.7 Å². The summed E-state index contributed by atoms with van der Waals surface area (Å²) in [5.41, 5.74) is 2.14. The van der Waals surface area contributed by atoms with Crippen molar-refractivity contribution in [1.29, 1.82) is 0 Å². The predicted molar refractivity (Wildman–Crippen MR) is 115 cm³/mol. The summed E-state index contributed by atoms with van der Waals surface area (Å²) >= 11 is 0. The lowest BCUT2D eigenvalue weighted by Gasteiger charge is -2.32. The molecular formula is C24H30N4O3. The monoisotopic (exact) mass is 422 g/mol. The number of nitrogens with zero attached hydrogens (tertiary/aromatic N) is 4. The number of carbonyl (C=O) groups excluding carboxylic acids is 2. The van der Waals surface area contributed by atoms with Crippen LogP contribution in [0.5, 0.6) is 0 Å². The molecule has 0 radical (unpaired) electrons. The summed E-state index contributed by atoms with van der Waals surface area (Å²) in [6.45, 7) is 4.01. The van der Waals surface area contributed by atoms with E-state index < -0.39 is 0 Å². The fourth-order valence-corrected chi connectivity index (χ4v) is 5.29. The molecule has 2 amide bonds. The second-order valence-corrected chi connectivity index (χ2v) is 9.31. The van der Waals surface area contributed by atoms with Crippen molar-refractivity contribution >= 4 is 11.8 Å². The third-order valence-corrected chi connectivity index (χ3v) is 7.18. The lowest BCUT2D eigenvalue weighted by atomic mass is 9.95. The number of hydrogen-bond acceptors (Lipinski definition) is 5. The number of aryl methyl sites for hydroxylation is 1. The first-order chi connectivity index (χ1) is 15.1. The van der Waals surface area contributed by atoms with Crippen LogP contribution in [0.1, 0.15) is 62.3 Å². The molecule has 5 rings (SSSR count). The smallest absolute Gasteiger partial charge is 0.230 e. The highest BCUT2D eigenvalue weighted by atomic mass is 16.5. The van der Waals surface area contributed by atoms with Crippen LogP contribution in [-0.4, -0.2) is 57.4 Å². The lowest BCUT2D eigenvalue weighted by molar-refractivity contribution is -0.137. The topological polar surface area (TPSA) is 79.5 Å². The van der Waals surface area contributed by atoms with Gasteiger partial charge in [-0.05, 0) is 32.6 Å². The Morgan fingerprint density at radius 2 is 1.77 bits per heavy atom. The number of piperidine rings is 1. The first-order valence-corrected chi connectivity index (χ1v) is 11.6. The molecule has 1 aromatic heterocycles. The molecule has 1 atom stereocenters. The van der Waals surface area contributed by atoms with E-state index in [1.54, 1.807) is 0 Å². The Morgan fingerprint density at radius 1 is 1.06 bits per heavy atom. The van der Waals surface area contributed by atoms with Gasteiger partial charge in [0.05, 0.1) is 5.92 Å². The van der Waals surface area contributed by atoms with Gasteiger partial charge in [-0.1, -0.05) is 47.8 Å². The fourth-order valence-electron chi connectivity index (χ4n) is 5.29. The fraction of sp³-hybridized carbons (Fsp3) is 0.583. The molecule has 0 unspecified atom stereocenters. The van der Waals surface area contributed by atoms with Crippen LogP contribution < -0.4 is 0 Å². The molecule has 7 nitrogen and oxygen atoms in total. The Hall–Kier alpha value is -2.70. The molecule has 1 saturated carbocycles. The molecule has 3 aliphatic rings. The molecule has 1 aromatic carbocycles. The van der Waals surface area contributed by atoms with E-state index >= 15 is 0 Å². The molecule has 31 heavy (non-hydrogen) atoms. The third-order valence-electron chi connectivity index (χ3n) is 7.18. The molecule has 0 N–H and O–H groups in total. The molecular weight excluding hydrogens is 392 g/mol. The van der Waals surface area contributed by atoms with E-state index in [0.717, 1.165) is 31.2 Å². The highest BCUT2D eigenvalue weighted by Gasteiger charge is 2.41. The van der Waals surface area contributed by atoms with E-state index in [2.05, 4.69) is 10.1 Å². The Labute approximate surface area is 182 Å². The molecule has 164 valence electrons. The normalized spacial score (nSPS) is 23.1. The van der Waals surface area contributed by atoms with Gasteiger partial charge in [0.1, 0.15) is 0 Å². The van der Waals surface area contributed by atoms with E-state index in [1.807, 2.05) is 41.0 Å². The van der Waals surface area contributed by atoms with Crippen LogP contribution in [0.4, 0.5) is 0 Å². The standard InChI is InChI=1S/C24H30N4O3/c1-16-6-8-17(9-7-16)22-25-23(31-26-22)18-10-12-27(13-11-18)24(30)19-14-21(29)28(15-19)20-4-2-3-5-20/h6-9,18-20H,2-5,10-15H2,1H3/t19-/m1/s1. The van der Waals surface area contributed by atoms with Crippen LogP contribution in [0, 0.1) is 12.8 Å². The second-order valence-electron chi connectivity index (χ2n) is 9.31. The van der Waals surface area contributed by atoms with Crippen LogP contribution >= 0.6 is 0 Å². The summed E-state index contributed by atoms with van der Waals surface area (Å²) in [5.74, 6) is 1.57. The molecule has 1 aliphatic carbocycles. The zero-order valence-electron chi connectivity index (χ0n) is 18.1. The van der Waals surface area contributed by atoms with Gasteiger partial charge in [0.2, 0.25) is 23.5 Å². The zero-order chi connectivity index (χ0) is 21.4. The number of likely N-dealkylation sites (tertiary alicyclic amines) is 2. The summed E-state index contributed by atoms with van der Waals surface area (Å²) in [7, 11) is 0. The number of carbonyl (C=O) groups is 2. The minimum absolute atomic E-state index is 0.137. The van der Waals surface area contributed by atoms with E-state index in [0.29, 0.717) is 43.8 Å². The maximum atomic E-state index is 13.1. The molecule has 2 aromatic rings. The third kappa shape index (κ3) is 4.10. The van der Waals surface area contributed by atoms with E-state index in [1.165, 1.54) is 18.4 Å². The Morgan fingerprint density at radius 3 is 2.48 bits per heavy atom. The van der Waals surface area contributed by atoms with Gasteiger partial charge in [0.25, 0.3) is 0 Å². The molecule has 3 fully saturated rings. The van der Waals surface area contributed by atoms with E-state index in [-0.39, 0.29) is 23.7 Å². The summed E-state index contributed by atoms with van der Waals surface area (Å²) in [6.07, 6.45) is 6.57. The predicted octanol–water partition coefficient (Wildman–Crippen LogP) is 3.54. The van der Waals surface area contributed by atoms with Gasteiger partial charge in [-0.15, -0.1) is 0 Å². The van der Waals surface area contributed by atoms with Crippen LogP contribution in [0.25, 0.3) is 11.4 Å². The summed E-state index contributed by atoms with van der Waals surface area (Å²) in [6, 6.07) is 8.44. The molecule has 3 heterocycles. The quantitative estimate of drug-likeness (QED) is 0.753. The highest BCUT2D eigenvalue weighted by Crippen LogP contribution is 2.33. The van der Waals surface area contributed by atoms with Gasteiger partial charge >= 0.3 is 0 Å². The van der Waals surface area contributed by atoms with Crippen LogP contribution in [0.15, 0.2) is 28.8 Å². The Bertz CT molecular complexity index is 940. The van der Waals surface area contributed by atoms with Crippen molar-refractivity contribution in [1.82, 2.24) is 19.9 Å². The van der Waals surface area contributed by atoms with Crippen molar-refractivity contribution in [2.24, 2.45) is 5.92 Å². The minimum atomic E-state index is -0.179. The first kappa shape index (κ1) is 20.2. The number of aromatic nitrogens is 2. The maximum Gasteiger partial charge on any atom is 0.230 e. The number of benzene rings is 1. The van der Waals surface area contributed by atoms with Crippen molar-refractivity contribution in [2.45, 2.75) is 63.8 Å². The summed E-state index contributed by atoms with van der Waals surface area (Å²) in [5, 5.41) is 4.15. The van der Waals surface area contributed by atoms with Gasteiger partial charge < -0.3 is 14.3 Å². The average Bonchev–Trinajstić information content (AvgIpc) is 3.55. The lowest BCUT2D eigenvalue weighted by Crippen LogP contribution is -2.42. The van der Waals surface area contributed by atoms with Gasteiger partial charge in [-0.3, -0.25) is 9.59 Å². The number of rotatable bonds is 4. The van der Waals surface area contributed by atoms with Gasteiger partial charge in [0, 0.05) is 43.6 Å². The zero-order valence-corrected chi connectivity index (χ0v) is 18.1. The number of hydrogen-bond donors (Lipinski definition) is 0. The minimum Gasteiger partial charge on any atom is -0.342 e. The summed E-state index contributed by atoms with van der Waals surface area (Å²) < 4.78 is 5.55. The van der Waals surface area contributed by atoms with Crippen molar-refractivity contribution in [2.75, 3.05) is 19.6 Å². The van der Waals surface area contributed by atoms with Crippen molar-refractivity contribution in [3.63, 3.8) is 0 Å². The van der Waals surface area contributed by atoms with Gasteiger partial charge in [-0.2, -0.15) is 4.98 Å². The number of amides is 2. The van der Waals surface area contributed by atoms with Gasteiger partial charge in [0.15, 0.2) is 0 Å². The molecule has 0 bridgehead atoms. The van der Waals surface area contributed by atoms with Crippen LogP contribution in [-0.2, 0) is 9.59 Å². The Kier molecular flexibility index (Phi) is 5.50. The first-order valence-electron chi connectivity index (χ1n) is 11.6.